The predicted molar refractivity (Wildman–Crippen MR) is 163 cm³/mol. The van der Waals surface area contributed by atoms with Crippen molar-refractivity contribution < 1.29 is 52.8 Å². The number of aliphatic carboxylic acids is 1. The summed E-state index contributed by atoms with van der Waals surface area (Å²) in [5.74, 6) is -2.70. The van der Waals surface area contributed by atoms with E-state index in [2.05, 4.69) is 17.6 Å². The van der Waals surface area contributed by atoms with Gasteiger partial charge in [0.05, 0.1) is 39.5 Å². The fourth-order valence-corrected chi connectivity index (χ4v) is 4.26. The first kappa shape index (κ1) is 45.0. The summed E-state index contributed by atoms with van der Waals surface area (Å²) in [6.07, 6.45) is 15.7. The van der Waals surface area contributed by atoms with Crippen LogP contribution in [0.4, 0.5) is 0 Å². The second-order valence-electron chi connectivity index (χ2n) is 9.76. The van der Waals surface area contributed by atoms with Crippen LogP contribution in [0.2, 0.25) is 0 Å². The van der Waals surface area contributed by atoms with Crippen molar-refractivity contribution in [3.8, 4) is 0 Å². The van der Waals surface area contributed by atoms with Crippen molar-refractivity contribution in [2.24, 2.45) is 0 Å². The van der Waals surface area contributed by atoms with Gasteiger partial charge in [-0.25, -0.2) is 0 Å². The molecule has 0 aromatic rings. The maximum absolute atomic E-state index is 11.6. The van der Waals surface area contributed by atoms with Gasteiger partial charge in [0.1, 0.15) is 0 Å². The minimum Gasteiger partial charge on any atom is -0.481 e. The van der Waals surface area contributed by atoms with Crippen molar-refractivity contribution in [1.82, 2.24) is 10.6 Å². The Kier molecular flexibility index (Phi) is 38.4. The molecule has 0 bridgehead atoms. The van der Waals surface area contributed by atoms with Crippen LogP contribution in [0, 0.1) is 0 Å². The van der Waals surface area contributed by atoms with E-state index in [4.69, 9.17) is 34.8 Å². The second kappa shape index (κ2) is 35.8. The Morgan fingerprint density at radius 2 is 0.976 bits per heavy atom. The maximum atomic E-state index is 11.6. The number of nitrogens with one attached hydrogen (secondary N) is 2. The van der Waals surface area contributed by atoms with Gasteiger partial charge in [0, 0.05) is 26.2 Å². The van der Waals surface area contributed by atoms with Crippen LogP contribution in [-0.2, 0) is 24.4 Å². The van der Waals surface area contributed by atoms with Gasteiger partial charge in [-0.15, -0.1) is 0 Å². The van der Waals surface area contributed by atoms with Gasteiger partial charge in [-0.3, -0.25) is 14.1 Å². The number of esters is 1. The summed E-state index contributed by atoms with van der Waals surface area (Å²) in [4.78, 5) is 22.2. The topological polar surface area (TPSA) is 223 Å². The first-order valence-corrected chi connectivity index (χ1v) is 16.8. The van der Waals surface area contributed by atoms with Crippen LogP contribution in [0.5, 0.6) is 0 Å². The highest BCUT2D eigenvalue weighted by Gasteiger charge is 2.34. The van der Waals surface area contributed by atoms with Crippen molar-refractivity contribution >= 4 is 22.1 Å². The lowest BCUT2D eigenvalue weighted by molar-refractivity contribution is -0.147. The van der Waals surface area contributed by atoms with E-state index in [0.717, 1.165) is 19.3 Å². The molecular formula is C28H60N2O11S. The molecule has 0 aliphatic carbocycles. The van der Waals surface area contributed by atoms with Crippen LogP contribution < -0.4 is 10.6 Å². The third-order valence-electron chi connectivity index (χ3n) is 5.88. The molecule has 0 aliphatic heterocycles. The van der Waals surface area contributed by atoms with Crippen LogP contribution in [0.1, 0.15) is 103 Å². The number of hydrogen-bond donors (Lipinski definition) is 8. The molecule has 0 aliphatic rings. The number of carbonyl (C=O) groups is 2. The van der Waals surface area contributed by atoms with E-state index in [1.807, 2.05) is 0 Å². The molecule has 0 radical (unpaired) electrons. The lowest BCUT2D eigenvalue weighted by Crippen LogP contribution is -2.34. The molecule has 0 amide bonds. The molecular weight excluding hydrogens is 572 g/mol. The van der Waals surface area contributed by atoms with Gasteiger partial charge < -0.3 is 40.9 Å². The lowest BCUT2D eigenvalue weighted by Gasteiger charge is -2.11. The largest absolute Gasteiger partial charge is 0.481 e. The molecule has 0 aromatic heterocycles. The molecule has 0 rings (SSSR count). The average Bonchev–Trinajstić information content (AvgIpc) is 2.94. The van der Waals surface area contributed by atoms with E-state index in [-0.39, 0.29) is 33.0 Å². The molecule has 8 N–H and O–H groups in total. The molecule has 0 heterocycles. The van der Waals surface area contributed by atoms with Gasteiger partial charge in [-0.05, 0) is 6.42 Å². The quantitative estimate of drug-likeness (QED) is 0.0368. The third kappa shape index (κ3) is 38.6. The molecule has 1 unspecified atom stereocenters. The highest BCUT2D eigenvalue weighted by molar-refractivity contribution is 7.87. The molecule has 42 heavy (non-hydrogen) atoms. The van der Waals surface area contributed by atoms with Gasteiger partial charge >= 0.3 is 11.9 Å². The Hall–Kier alpha value is -1.39. The normalized spacial score (nSPS) is 11.6. The van der Waals surface area contributed by atoms with E-state index >= 15 is 0 Å². The minimum absolute atomic E-state index is 0.0303. The summed E-state index contributed by atoms with van der Waals surface area (Å²) in [6, 6.07) is 0. The summed E-state index contributed by atoms with van der Waals surface area (Å²) in [7, 11) is -4.79. The fraction of sp³-hybridized carbons (Fsp3) is 0.929. The van der Waals surface area contributed by atoms with E-state index in [9.17, 15) is 18.0 Å². The SMILES string of the molecule is CCCCCCCCCCCCCCCCOC(=O)C(CC(=O)O)S(=O)(=O)O.OCCNCCO.OCCNCCO. The van der Waals surface area contributed by atoms with Crippen LogP contribution in [0.25, 0.3) is 0 Å². The van der Waals surface area contributed by atoms with Crippen LogP contribution >= 0.6 is 0 Å². The zero-order valence-corrected chi connectivity index (χ0v) is 26.5. The van der Waals surface area contributed by atoms with Gasteiger partial charge in [0.2, 0.25) is 0 Å². The standard InChI is InChI=1S/C20H38O7S.2C4H11NO2/c1-2-3-4-5-6-7-8-9-10-11-12-13-14-15-16-27-20(23)18(17-19(21)22)28(24,25)26;2*6-3-1-5-2-4-7/h18H,2-17H2,1H3,(H,21,22)(H,24,25,26);2*5-7H,1-4H2. The second-order valence-corrected chi connectivity index (χ2v) is 11.4. The van der Waals surface area contributed by atoms with Crippen LogP contribution in [-0.4, -0.2) is 115 Å². The molecule has 254 valence electrons. The summed E-state index contributed by atoms with van der Waals surface area (Å²) in [6.45, 7) is 5.10. The Morgan fingerprint density at radius 1 is 0.643 bits per heavy atom. The van der Waals surface area contributed by atoms with Crippen molar-refractivity contribution in [3.63, 3.8) is 0 Å². The fourth-order valence-electron chi connectivity index (χ4n) is 3.60. The summed E-state index contributed by atoms with van der Waals surface area (Å²) < 4.78 is 35.8. The first-order valence-electron chi connectivity index (χ1n) is 15.3. The number of unbranched alkanes of at least 4 members (excludes halogenated alkanes) is 13. The van der Waals surface area contributed by atoms with Crippen molar-refractivity contribution in [1.29, 1.82) is 0 Å². The van der Waals surface area contributed by atoms with Crippen molar-refractivity contribution in [2.45, 2.75) is 108 Å². The number of carbonyl (C=O) groups excluding carboxylic acids is 1. The third-order valence-corrected chi connectivity index (χ3v) is 6.96. The minimum atomic E-state index is -4.79. The smallest absolute Gasteiger partial charge is 0.327 e. The number of hydrogen-bond acceptors (Lipinski definition) is 11. The number of carboxylic acid groups (broad SMARTS) is 1. The number of aliphatic hydroxyl groups is 4. The van der Waals surface area contributed by atoms with Gasteiger partial charge in [-0.1, -0.05) is 90.4 Å². The van der Waals surface area contributed by atoms with E-state index in [1.54, 1.807) is 0 Å². The predicted octanol–water partition coefficient (Wildman–Crippen LogP) is 1.86. The van der Waals surface area contributed by atoms with Crippen molar-refractivity contribution in [2.75, 3.05) is 59.2 Å². The van der Waals surface area contributed by atoms with Gasteiger partial charge in [-0.2, -0.15) is 8.42 Å². The molecule has 14 heteroatoms. The highest BCUT2D eigenvalue weighted by atomic mass is 32.2. The number of carboxylic acids is 1. The number of rotatable bonds is 27. The van der Waals surface area contributed by atoms with E-state index < -0.39 is 33.7 Å². The lowest BCUT2D eigenvalue weighted by atomic mass is 10.0. The molecule has 13 nitrogen and oxygen atoms in total. The molecule has 1 atom stereocenters. The van der Waals surface area contributed by atoms with E-state index in [1.165, 1.54) is 64.2 Å². The molecule has 0 spiro atoms. The molecule has 0 fully saturated rings. The summed E-state index contributed by atoms with van der Waals surface area (Å²) >= 11 is 0. The van der Waals surface area contributed by atoms with Gasteiger partial charge in [0.25, 0.3) is 10.1 Å². The first-order chi connectivity index (χ1) is 20.1. The Morgan fingerprint density at radius 3 is 1.26 bits per heavy atom. The Labute approximate surface area is 253 Å². The molecule has 0 aromatic carbocycles. The monoisotopic (exact) mass is 632 g/mol. The molecule has 0 saturated heterocycles. The van der Waals surface area contributed by atoms with Crippen molar-refractivity contribution in [3.05, 3.63) is 0 Å². The number of aliphatic hydroxyl groups excluding tert-OH is 4. The number of ether oxygens (including phenoxy) is 1. The highest BCUT2D eigenvalue weighted by Crippen LogP contribution is 2.13. The Bertz CT molecular complexity index is 665. The molecule has 0 saturated carbocycles. The zero-order chi connectivity index (χ0) is 32.3. The van der Waals surface area contributed by atoms with Crippen LogP contribution in [0.3, 0.4) is 0 Å². The summed E-state index contributed by atoms with van der Waals surface area (Å²) in [5, 5.41) is 44.7. The van der Waals surface area contributed by atoms with Gasteiger partial charge in [0.15, 0.2) is 5.25 Å². The average molecular weight is 633 g/mol. The van der Waals surface area contributed by atoms with Crippen LogP contribution in [0.15, 0.2) is 0 Å². The maximum Gasteiger partial charge on any atom is 0.327 e. The summed E-state index contributed by atoms with van der Waals surface area (Å²) in [5.41, 5.74) is 0. The van der Waals surface area contributed by atoms with E-state index in [0.29, 0.717) is 32.6 Å². The zero-order valence-electron chi connectivity index (χ0n) is 25.7. The Balaban J connectivity index is -0.000000886.